The van der Waals surface area contributed by atoms with Crippen LogP contribution >= 0.6 is 12.4 Å². The fourth-order valence-corrected chi connectivity index (χ4v) is 2.33. The summed E-state index contributed by atoms with van der Waals surface area (Å²) in [5.41, 5.74) is 5.95. The summed E-state index contributed by atoms with van der Waals surface area (Å²) in [5.74, 6) is 0.437. The van der Waals surface area contributed by atoms with E-state index in [1.54, 1.807) is 7.11 Å². The van der Waals surface area contributed by atoms with E-state index in [9.17, 15) is 4.79 Å². The molecule has 1 unspecified atom stereocenters. The number of amides is 1. The van der Waals surface area contributed by atoms with E-state index in [2.05, 4.69) is 5.32 Å². The molecule has 1 aliphatic rings. The van der Waals surface area contributed by atoms with Crippen LogP contribution < -0.4 is 11.1 Å². The van der Waals surface area contributed by atoms with Gasteiger partial charge in [0.25, 0.3) is 0 Å². The van der Waals surface area contributed by atoms with Gasteiger partial charge in [-0.1, -0.05) is 6.42 Å². The molecule has 0 aromatic carbocycles. The molecule has 3 atom stereocenters. The van der Waals surface area contributed by atoms with E-state index in [1.807, 2.05) is 6.92 Å². The van der Waals surface area contributed by atoms with Gasteiger partial charge in [0.05, 0.1) is 19.8 Å². The van der Waals surface area contributed by atoms with Crippen LogP contribution in [0.5, 0.6) is 0 Å². The Bertz CT molecular complexity index is 254. The van der Waals surface area contributed by atoms with Crippen LogP contribution in [-0.4, -0.2) is 44.9 Å². The number of halogens is 1. The molecule has 114 valence electrons. The Labute approximate surface area is 122 Å². The molecule has 0 heterocycles. The summed E-state index contributed by atoms with van der Waals surface area (Å²) in [6.45, 7) is 3.60. The van der Waals surface area contributed by atoms with E-state index in [0.717, 1.165) is 19.3 Å². The van der Waals surface area contributed by atoms with Crippen molar-refractivity contribution in [1.82, 2.24) is 5.32 Å². The van der Waals surface area contributed by atoms with Gasteiger partial charge in [-0.15, -0.1) is 12.4 Å². The van der Waals surface area contributed by atoms with Crippen LogP contribution in [0.1, 0.15) is 32.6 Å². The molecule has 1 amide bonds. The third-order valence-electron chi connectivity index (χ3n) is 3.37. The predicted molar refractivity (Wildman–Crippen MR) is 77.5 cm³/mol. The van der Waals surface area contributed by atoms with Gasteiger partial charge in [0.15, 0.2) is 0 Å². The maximum atomic E-state index is 11.8. The number of rotatable bonds is 8. The number of nitrogens with one attached hydrogen (secondary N) is 1. The summed E-state index contributed by atoms with van der Waals surface area (Å²) in [6.07, 6.45) is 3.82. The second-order valence-electron chi connectivity index (χ2n) is 5.10. The molecule has 1 rings (SSSR count). The fraction of sp³-hybridized carbons (Fsp3) is 0.923. The normalized spacial score (nSPS) is 23.7. The smallest absolute Gasteiger partial charge is 0.220 e. The number of hydrogen-bond donors (Lipinski definition) is 2. The fourth-order valence-electron chi connectivity index (χ4n) is 2.33. The molecule has 1 saturated carbocycles. The van der Waals surface area contributed by atoms with Crippen molar-refractivity contribution in [2.45, 2.75) is 44.7 Å². The van der Waals surface area contributed by atoms with E-state index in [4.69, 9.17) is 15.2 Å². The minimum atomic E-state index is 0. The Hall–Kier alpha value is -0.360. The minimum Gasteiger partial charge on any atom is -0.382 e. The highest BCUT2D eigenvalue weighted by Gasteiger charge is 2.26. The lowest BCUT2D eigenvalue weighted by Gasteiger charge is -2.18. The van der Waals surface area contributed by atoms with E-state index in [1.165, 1.54) is 0 Å². The number of hydrogen-bond acceptors (Lipinski definition) is 4. The lowest BCUT2D eigenvalue weighted by Crippen LogP contribution is -2.38. The Morgan fingerprint density at radius 3 is 2.74 bits per heavy atom. The van der Waals surface area contributed by atoms with Gasteiger partial charge in [-0.05, 0) is 25.7 Å². The summed E-state index contributed by atoms with van der Waals surface area (Å²) >= 11 is 0. The topological polar surface area (TPSA) is 73.6 Å². The van der Waals surface area contributed by atoms with Crippen LogP contribution in [0.15, 0.2) is 0 Å². The Morgan fingerprint density at radius 1 is 1.42 bits per heavy atom. The molecule has 0 aliphatic heterocycles. The summed E-state index contributed by atoms with van der Waals surface area (Å²) in [4.78, 5) is 11.8. The third kappa shape index (κ3) is 7.72. The second-order valence-corrected chi connectivity index (χ2v) is 5.10. The molecular weight excluding hydrogens is 268 g/mol. The summed E-state index contributed by atoms with van der Waals surface area (Å²) in [7, 11) is 1.64. The van der Waals surface area contributed by atoms with Gasteiger partial charge in [0.1, 0.15) is 0 Å². The average Bonchev–Trinajstić information content (AvgIpc) is 2.70. The van der Waals surface area contributed by atoms with Crippen molar-refractivity contribution in [2.24, 2.45) is 11.7 Å². The molecule has 0 bridgehead atoms. The van der Waals surface area contributed by atoms with Gasteiger partial charge >= 0.3 is 0 Å². The van der Waals surface area contributed by atoms with E-state index >= 15 is 0 Å². The Balaban J connectivity index is 0.00000324. The number of nitrogens with two attached hydrogens (primary N) is 1. The first-order valence-corrected chi connectivity index (χ1v) is 6.75. The van der Waals surface area contributed by atoms with Gasteiger partial charge in [0, 0.05) is 25.6 Å². The molecule has 0 saturated heterocycles. The second kappa shape index (κ2) is 10.4. The summed E-state index contributed by atoms with van der Waals surface area (Å²) in [5, 5.41) is 2.94. The number of carbonyl (C=O) groups is 1. The zero-order valence-corrected chi connectivity index (χ0v) is 12.7. The molecule has 5 nitrogen and oxygen atoms in total. The lowest BCUT2D eigenvalue weighted by molar-refractivity contribution is -0.123. The molecule has 0 spiro atoms. The van der Waals surface area contributed by atoms with Gasteiger partial charge in [-0.3, -0.25) is 4.79 Å². The van der Waals surface area contributed by atoms with Gasteiger partial charge < -0.3 is 20.5 Å². The lowest BCUT2D eigenvalue weighted by atomic mass is 10.00. The Morgan fingerprint density at radius 2 is 2.16 bits per heavy atom. The highest BCUT2D eigenvalue weighted by Crippen LogP contribution is 2.26. The summed E-state index contributed by atoms with van der Waals surface area (Å²) < 4.78 is 10.2. The first-order chi connectivity index (χ1) is 8.63. The molecule has 1 aliphatic carbocycles. The van der Waals surface area contributed by atoms with Crippen molar-refractivity contribution in [3.63, 3.8) is 0 Å². The first-order valence-electron chi connectivity index (χ1n) is 6.75. The van der Waals surface area contributed by atoms with Crippen molar-refractivity contribution < 1.29 is 14.3 Å². The third-order valence-corrected chi connectivity index (χ3v) is 3.37. The first kappa shape index (κ1) is 18.6. The largest absolute Gasteiger partial charge is 0.382 e. The predicted octanol–water partition coefficient (Wildman–Crippen LogP) is 1.09. The Kier molecular flexibility index (Phi) is 10.2. The molecule has 19 heavy (non-hydrogen) atoms. The van der Waals surface area contributed by atoms with Crippen LogP contribution in [0.3, 0.4) is 0 Å². The SMILES string of the molecule is COCCOCC(C)NC(=O)C[C@@H]1CCC[C@H]1N.Cl. The zero-order valence-electron chi connectivity index (χ0n) is 11.9. The molecular formula is C13H27ClN2O3. The molecule has 0 aromatic rings. The maximum absolute atomic E-state index is 11.8. The zero-order chi connectivity index (χ0) is 13.4. The van der Waals surface area contributed by atoms with Crippen molar-refractivity contribution in [3.8, 4) is 0 Å². The monoisotopic (exact) mass is 294 g/mol. The van der Waals surface area contributed by atoms with Gasteiger partial charge in [0.2, 0.25) is 5.91 Å². The van der Waals surface area contributed by atoms with Crippen LogP contribution in [-0.2, 0) is 14.3 Å². The number of methoxy groups -OCH3 is 1. The van der Waals surface area contributed by atoms with Crippen LogP contribution in [0, 0.1) is 5.92 Å². The quantitative estimate of drug-likeness (QED) is 0.657. The minimum absolute atomic E-state index is 0. The van der Waals surface area contributed by atoms with Crippen LogP contribution in [0.25, 0.3) is 0 Å². The highest BCUT2D eigenvalue weighted by molar-refractivity contribution is 5.85. The molecule has 0 aromatic heterocycles. The van der Waals surface area contributed by atoms with Crippen molar-refractivity contribution in [2.75, 3.05) is 26.9 Å². The number of ether oxygens (including phenoxy) is 2. The van der Waals surface area contributed by atoms with E-state index < -0.39 is 0 Å². The standard InChI is InChI=1S/C13H26N2O3.ClH/c1-10(9-18-7-6-17-2)15-13(16)8-11-4-3-5-12(11)14;/h10-12H,3-9,14H2,1-2H3,(H,15,16);1H/t10?,11-,12+;/m0./s1. The molecule has 6 heteroatoms. The van der Waals surface area contributed by atoms with Crippen molar-refractivity contribution in [1.29, 1.82) is 0 Å². The van der Waals surface area contributed by atoms with Crippen molar-refractivity contribution >= 4 is 18.3 Å². The average molecular weight is 295 g/mol. The van der Waals surface area contributed by atoms with Crippen LogP contribution in [0.2, 0.25) is 0 Å². The molecule has 3 N–H and O–H groups in total. The van der Waals surface area contributed by atoms with Gasteiger partial charge in [-0.25, -0.2) is 0 Å². The van der Waals surface area contributed by atoms with Crippen LogP contribution in [0.4, 0.5) is 0 Å². The highest BCUT2D eigenvalue weighted by atomic mass is 35.5. The number of carbonyl (C=O) groups excluding carboxylic acids is 1. The van der Waals surface area contributed by atoms with E-state index in [0.29, 0.717) is 32.2 Å². The molecule has 0 radical (unpaired) electrons. The maximum Gasteiger partial charge on any atom is 0.220 e. The van der Waals surface area contributed by atoms with Gasteiger partial charge in [-0.2, -0.15) is 0 Å². The van der Waals surface area contributed by atoms with Crippen molar-refractivity contribution in [3.05, 3.63) is 0 Å². The summed E-state index contributed by atoms with van der Waals surface area (Å²) in [6, 6.07) is 0.232. The molecule has 1 fully saturated rings. The van der Waals surface area contributed by atoms with E-state index in [-0.39, 0.29) is 30.4 Å².